The Bertz CT molecular complexity index is 530. The molecule has 0 saturated carbocycles. The van der Waals surface area contributed by atoms with Gasteiger partial charge in [0, 0.05) is 25.8 Å². The van der Waals surface area contributed by atoms with Gasteiger partial charge >= 0.3 is 6.03 Å². The van der Waals surface area contributed by atoms with Gasteiger partial charge in [-0.2, -0.15) is 0 Å². The molecule has 0 aliphatic carbocycles. The summed E-state index contributed by atoms with van der Waals surface area (Å²) in [6.07, 6.45) is 2.83. The SMILES string of the molecule is CCCCOc1ccc(NC(=O)N2CC[C@@H](C(=O)NC)C2)cc1. The maximum Gasteiger partial charge on any atom is 0.321 e. The van der Waals surface area contributed by atoms with E-state index in [0.717, 1.165) is 24.3 Å². The third-order valence-corrected chi connectivity index (χ3v) is 3.96. The average molecular weight is 319 g/mol. The lowest BCUT2D eigenvalue weighted by molar-refractivity contribution is -0.124. The van der Waals surface area contributed by atoms with Crippen molar-refractivity contribution in [3.8, 4) is 5.75 Å². The Morgan fingerprint density at radius 2 is 2.04 bits per heavy atom. The molecule has 0 radical (unpaired) electrons. The van der Waals surface area contributed by atoms with Crippen molar-refractivity contribution in [2.75, 3.05) is 32.1 Å². The second-order valence-corrected chi connectivity index (χ2v) is 5.70. The number of nitrogens with zero attached hydrogens (tertiary/aromatic N) is 1. The van der Waals surface area contributed by atoms with Crippen molar-refractivity contribution in [3.63, 3.8) is 0 Å². The standard InChI is InChI=1S/C17H25N3O3/c1-3-4-11-23-15-7-5-14(6-8-15)19-17(22)20-10-9-13(12-20)16(21)18-2/h5-8,13H,3-4,9-12H2,1-2H3,(H,18,21)(H,19,22)/t13-/m1/s1. The van der Waals surface area contributed by atoms with Crippen LogP contribution in [0.4, 0.5) is 10.5 Å². The van der Waals surface area contributed by atoms with Crippen LogP contribution in [0.5, 0.6) is 5.75 Å². The third kappa shape index (κ3) is 4.87. The summed E-state index contributed by atoms with van der Waals surface area (Å²) in [6, 6.07) is 7.18. The molecule has 1 aliphatic heterocycles. The highest BCUT2D eigenvalue weighted by Crippen LogP contribution is 2.19. The van der Waals surface area contributed by atoms with E-state index in [1.807, 2.05) is 24.3 Å². The molecule has 6 heteroatoms. The van der Waals surface area contributed by atoms with Gasteiger partial charge in [-0.15, -0.1) is 0 Å². The van der Waals surface area contributed by atoms with Gasteiger partial charge in [0.15, 0.2) is 0 Å². The Kier molecular flexibility index (Phi) is 6.26. The zero-order valence-electron chi connectivity index (χ0n) is 13.8. The highest BCUT2D eigenvalue weighted by molar-refractivity contribution is 5.90. The predicted molar refractivity (Wildman–Crippen MR) is 89.6 cm³/mol. The quantitative estimate of drug-likeness (QED) is 0.791. The summed E-state index contributed by atoms with van der Waals surface area (Å²) in [4.78, 5) is 25.5. The average Bonchev–Trinajstić information content (AvgIpc) is 3.06. The van der Waals surface area contributed by atoms with E-state index in [0.29, 0.717) is 26.1 Å². The minimum Gasteiger partial charge on any atom is -0.494 e. The van der Waals surface area contributed by atoms with Gasteiger partial charge in [0.2, 0.25) is 5.91 Å². The second kappa shape index (κ2) is 8.41. The summed E-state index contributed by atoms with van der Waals surface area (Å²) in [7, 11) is 1.62. The molecule has 1 aromatic rings. The molecule has 0 spiro atoms. The van der Waals surface area contributed by atoms with Gasteiger partial charge in [-0.1, -0.05) is 13.3 Å². The van der Waals surface area contributed by atoms with Gasteiger partial charge in [0.05, 0.1) is 12.5 Å². The first kappa shape index (κ1) is 17.1. The number of hydrogen-bond donors (Lipinski definition) is 2. The highest BCUT2D eigenvalue weighted by atomic mass is 16.5. The zero-order valence-corrected chi connectivity index (χ0v) is 13.8. The van der Waals surface area contributed by atoms with E-state index in [1.165, 1.54) is 0 Å². The topological polar surface area (TPSA) is 70.7 Å². The molecule has 2 N–H and O–H groups in total. The lowest BCUT2D eigenvalue weighted by atomic mass is 10.1. The molecule has 1 fully saturated rings. The minimum atomic E-state index is -0.170. The maximum atomic E-state index is 12.2. The first-order chi connectivity index (χ1) is 11.1. The lowest BCUT2D eigenvalue weighted by Gasteiger charge is -2.17. The van der Waals surface area contributed by atoms with Crippen molar-refractivity contribution in [3.05, 3.63) is 24.3 Å². The largest absolute Gasteiger partial charge is 0.494 e. The highest BCUT2D eigenvalue weighted by Gasteiger charge is 2.30. The lowest BCUT2D eigenvalue weighted by Crippen LogP contribution is -2.35. The number of rotatable bonds is 6. The number of anilines is 1. The van der Waals surface area contributed by atoms with Gasteiger partial charge in [-0.3, -0.25) is 4.79 Å². The molecule has 0 unspecified atom stereocenters. The molecule has 3 amide bonds. The van der Waals surface area contributed by atoms with E-state index in [2.05, 4.69) is 17.6 Å². The Morgan fingerprint density at radius 3 is 2.70 bits per heavy atom. The Hall–Kier alpha value is -2.24. The molecule has 2 rings (SSSR count). The number of unbranched alkanes of at least 4 members (excludes halogenated alkanes) is 1. The summed E-state index contributed by atoms with van der Waals surface area (Å²) in [5, 5.41) is 5.49. The first-order valence-corrected chi connectivity index (χ1v) is 8.14. The van der Waals surface area contributed by atoms with Gasteiger partial charge in [0.1, 0.15) is 5.75 Å². The number of amides is 3. The number of benzene rings is 1. The van der Waals surface area contributed by atoms with E-state index in [1.54, 1.807) is 11.9 Å². The zero-order chi connectivity index (χ0) is 16.7. The van der Waals surface area contributed by atoms with Crippen LogP contribution in [0.25, 0.3) is 0 Å². The van der Waals surface area contributed by atoms with Crippen LogP contribution in [0.15, 0.2) is 24.3 Å². The molecular formula is C17H25N3O3. The number of nitrogens with one attached hydrogen (secondary N) is 2. The van der Waals surface area contributed by atoms with Crippen LogP contribution < -0.4 is 15.4 Å². The molecule has 23 heavy (non-hydrogen) atoms. The molecule has 1 aromatic carbocycles. The van der Waals surface area contributed by atoms with Crippen LogP contribution in [-0.2, 0) is 4.79 Å². The summed E-state index contributed by atoms with van der Waals surface area (Å²) in [5.74, 6) is 0.686. The normalized spacial score (nSPS) is 17.0. The number of likely N-dealkylation sites (tertiary alicyclic amines) is 1. The molecular weight excluding hydrogens is 294 g/mol. The molecule has 126 valence electrons. The van der Waals surface area contributed by atoms with Crippen molar-refractivity contribution in [2.24, 2.45) is 5.92 Å². The fourth-order valence-electron chi connectivity index (χ4n) is 2.53. The minimum absolute atomic E-state index is 0.00567. The predicted octanol–water partition coefficient (Wildman–Crippen LogP) is 2.47. The maximum absolute atomic E-state index is 12.2. The summed E-state index contributed by atoms with van der Waals surface area (Å²) in [6.45, 7) is 3.89. The van der Waals surface area contributed by atoms with E-state index < -0.39 is 0 Å². The van der Waals surface area contributed by atoms with Crippen molar-refractivity contribution in [1.82, 2.24) is 10.2 Å². The van der Waals surface area contributed by atoms with E-state index in [4.69, 9.17) is 4.74 Å². The van der Waals surface area contributed by atoms with Crippen LogP contribution in [0.3, 0.4) is 0 Å². The molecule has 1 saturated heterocycles. The number of carbonyl (C=O) groups excluding carboxylic acids is 2. The van der Waals surface area contributed by atoms with Crippen molar-refractivity contribution in [2.45, 2.75) is 26.2 Å². The first-order valence-electron chi connectivity index (χ1n) is 8.14. The van der Waals surface area contributed by atoms with Gasteiger partial charge in [-0.25, -0.2) is 4.79 Å². The molecule has 1 aliphatic rings. The Morgan fingerprint density at radius 1 is 1.30 bits per heavy atom. The Labute approximate surface area is 137 Å². The van der Waals surface area contributed by atoms with Gasteiger partial charge < -0.3 is 20.3 Å². The van der Waals surface area contributed by atoms with Crippen LogP contribution in [0.2, 0.25) is 0 Å². The van der Waals surface area contributed by atoms with E-state index in [9.17, 15) is 9.59 Å². The second-order valence-electron chi connectivity index (χ2n) is 5.70. The number of carbonyl (C=O) groups is 2. The van der Waals surface area contributed by atoms with Crippen molar-refractivity contribution >= 4 is 17.6 Å². The molecule has 1 heterocycles. The van der Waals surface area contributed by atoms with Crippen LogP contribution in [0, 0.1) is 5.92 Å². The smallest absolute Gasteiger partial charge is 0.321 e. The summed E-state index contributed by atoms with van der Waals surface area (Å²) in [5.41, 5.74) is 0.723. The number of ether oxygens (including phenoxy) is 1. The molecule has 6 nitrogen and oxygen atoms in total. The fourth-order valence-corrected chi connectivity index (χ4v) is 2.53. The van der Waals surface area contributed by atoms with E-state index in [-0.39, 0.29) is 17.9 Å². The van der Waals surface area contributed by atoms with Gasteiger partial charge in [-0.05, 0) is 37.1 Å². The van der Waals surface area contributed by atoms with Crippen molar-refractivity contribution < 1.29 is 14.3 Å². The number of urea groups is 1. The van der Waals surface area contributed by atoms with Crippen molar-refractivity contribution in [1.29, 1.82) is 0 Å². The fraction of sp³-hybridized carbons (Fsp3) is 0.529. The number of hydrogen-bond acceptors (Lipinski definition) is 3. The summed E-state index contributed by atoms with van der Waals surface area (Å²) >= 11 is 0. The Balaban J connectivity index is 1.82. The van der Waals surface area contributed by atoms with Gasteiger partial charge in [0.25, 0.3) is 0 Å². The molecule has 1 atom stereocenters. The van der Waals surface area contributed by atoms with Crippen LogP contribution in [-0.4, -0.2) is 43.6 Å². The third-order valence-electron chi connectivity index (χ3n) is 3.96. The summed E-state index contributed by atoms with van der Waals surface area (Å²) < 4.78 is 5.59. The van der Waals surface area contributed by atoms with Crippen LogP contribution in [0.1, 0.15) is 26.2 Å². The molecule has 0 aromatic heterocycles. The van der Waals surface area contributed by atoms with E-state index >= 15 is 0 Å². The molecule has 0 bridgehead atoms. The monoisotopic (exact) mass is 319 g/mol. The van der Waals surface area contributed by atoms with Crippen LogP contribution >= 0.6 is 0 Å².